The molecule has 4 N–H and O–H groups in total. The molecule has 1 aliphatic heterocycles. The monoisotopic (exact) mass is 594 g/mol. The van der Waals surface area contributed by atoms with Crippen LogP contribution in [0.25, 0.3) is 17.1 Å². The molecular formula is C27H30ClF3N6O4. The van der Waals surface area contributed by atoms with E-state index in [0.717, 1.165) is 37.2 Å². The number of urea groups is 1. The maximum absolute atomic E-state index is 13.2. The molecule has 10 nitrogen and oxygen atoms in total. The number of piperidine rings is 1. The summed E-state index contributed by atoms with van der Waals surface area (Å²) in [5.41, 5.74) is 6.26. The summed E-state index contributed by atoms with van der Waals surface area (Å²) in [4.78, 5) is 38.6. The normalized spacial score (nSPS) is 13.5. The minimum atomic E-state index is -5.08. The second kappa shape index (κ2) is 14.0. The van der Waals surface area contributed by atoms with Gasteiger partial charge >= 0.3 is 18.2 Å². The van der Waals surface area contributed by atoms with Gasteiger partial charge in [-0.15, -0.1) is 0 Å². The van der Waals surface area contributed by atoms with Crippen molar-refractivity contribution in [2.24, 2.45) is 0 Å². The minimum absolute atomic E-state index is 0.235. The van der Waals surface area contributed by atoms with E-state index in [1.807, 2.05) is 65.9 Å². The molecule has 3 amide bonds. The van der Waals surface area contributed by atoms with E-state index in [-0.39, 0.29) is 11.9 Å². The zero-order valence-corrected chi connectivity index (χ0v) is 23.1. The number of nitrogens with one attached hydrogen (secondary N) is 3. The Morgan fingerprint density at radius 3 is 2.20 bits per heavy atom. The lowest BCUT2D eigenvalue weighted by atomic mass is 10.2. The van der Waals surface area contributed by atoms with Crippen LogP contribution >= 0.6 is 11.6 Å². The summed E-state index contributed by atoms with van der Waals surface area (Å²) in [6, 6.07) is 14.6. The summed E-state index contributed by atoms with van der Waals surface area (Å²) in [7, 11) is 0. The van der Waals surface area contributed by atoms with Crippen molar-refractivity contribution in [2.45, 2.75) is 39.3 Å². The van der Waals surface area contributed by atoms with Crippen LogP contribution in [-0.4, -0.2) is 63.4 Å². The van der Waals surface area contributed by atoms with Crippen LogP contribution < -0.4 is 16.1 Å². The fourth-order valence-corrected chi connectivity index (χ4v) is 4.31. The zero-order valence-electron chi connectivity index (χ0n) is 22.4. The number of imidazole rings is 1. The number of anilines is 1. The van der Waals surface area contributed by atoms with Crippen LogP contribution in [0.1, 0.15) is 42.4 Å². The van der Waals surface area contributed by atoms with Crippen molar-refractivity contribution in [3.8, 4) is 17.1 Å². The number of carbonyl (C=O) groups is 3. The SMILES string of the molecule is CCNC(=O)Nc1ccc(-n2c(-c3ccccc3Cl)nc(C(=O)NN3CCCCC3)c2C)cc1.O=C(O)C(F)(F)F. The number of carboxylic acid groups (broad SMARTS) is 1. The van der Waals surface area contributed by atoms with Crippen molar-refractivity contribution in [3.63, 3.8) is 0 Å². The highest BCUT2D eigenvalue weighted by molar-refractivity contribution is 6.33. The van der Waals surface area contributed by atoms with Crippen LogP contribution in [0.15, 0.2) is 48.5 Å². The summed E-state index contributed by atoms with van der Waals surface area (Å²) >= 11 is 6.51. The molecule has 220 valence electrons. The third-order valence-electron chi connectivity index (χ3n) is 6.02. The van der Waals surface area contributed by atoms with Crippen molar-refractivity contribution in [2.75, 3.05) is 25.0 Å². The van der Waals surface area contributed by atoms with Crippen molar-refractivity contribution in [3.05, 3.63) is 64.9 Å². The maximum Gasteiger partial charge on any atom is 0.490 e. The van der Waals surface area contributed by atoms with E-state index in [1.54, 1.807) is 6.07 Å². The first-order chi connectivity index (χ1) is 19.4. The molecule has 2 aromatic carbocycles. The molecule has 1 saturated heterocycles. The zero-order chi connectivity index (χ0) is 30.2. The first-order valence-electron chi connectivity index (χ1n) is 12.8. The Bertz CT molecular complexity index is 1370. The molecule has 1 aromatic heterocycles. The third kappa shape index (κ3) is 8.44. The third-order valence-corrected chi connectivity index (χ3v) is 6.35. The largest absolute Gasteiger partial charge is 0.490 e. The summed E-state index contributed by atoms with van der Waals surface area (Å²) < 4.78 is 33.7. The number of carbonyl (C=O) groups excluding carboxylic acids is 2. The van der Waals surface area contributed by atoms with Gasteiger partial charge in [0.1, 0.15) is 5.82 Å². The molecule has 0 radical (unpaired) electrons. The van der Waals surface area contributed by atoms with Crippen LogP contribution in [0.2, 0.25) is 5.02 Å². The summed E-state index contributed by atoms with van der Waals surface area (Å²) in [6.07, 6.45) is -1.77. The number of rotatable bonds is 6. The molecule has 41 heavy (non-hydrogen) atoms. The number of benzene rings is 2. The van der Waals surface area contributed by atoms with Gasteiger partial charge in [-0.2, -0.15) is 13.2 Å². The Balaban J connectivity index is 0.000000587. The van der Waals surface area contributed by atoms with E-state index in [4.69, 9.17) is 26.5 Å². The highest BCUT2D eigenvalue weighted by Crippen LogP contribution is 2.32. The number of amides is 3. The summed E-state index contributed by atoms with van der Waals surface area (Å²) in [6.45, 7) is 5.95. The Morgan fingerprint density at radius 2 is 1.63 bits per heavy atom. The minimum Gasteiger partial charge on any atom is -0.475 e. The number of aromatic nitrogens is 2. The molecule has 14 heteroatoms. The van der Waals surface area contributed by atoms with Gasteiger partial charge in [0.15, 0.2) is 5.69 Å². The van der Waals surface area contributed by atoms with Gasteiger partial charge in [-0.1, -0.05) is 30.2 Å². The number of aliphatic carboxylic acids is 1. The van der Waals surface area contributed by atoms with Crippen LogP contribution in [0.3, 0.4) is 0 Å². The molecule has 0 atom stereocenters. The molecule has 0 aliphatic carbocycles. The molecule has 0 bridgehead atoms. The van der Waals surface area contributed by atoms with E-state index in [0.29, 0.717) is 34.5 Å². The predicted molar refractivity (Wildman–Crippen MR) is 148 cm³/mol. The molecule has 4 rings (SSSR count). The number of carboxylic acids is 1. The molecule has 0 unspecified atom stereocenters. The Morgan fingerprint density at radius 1 is 1.02 bits per heavy atom. The maximum atomic E-state index is 13.2. The Hall–Kier alpha value is -4.10. The molecule has 1 aliphatic rings. The van der Waals surface area contributed by atoms with Crippen molar-refractivity contribution >= 4 is 35.2 Å². The van der Waals surface area contributed by atoms with Gasteiger partial charge in [-0.3, -0.25) is 14.8 Å². The number of nitrogens with zero attached hydrogens (tertiary/aromatic N) is 3. The second-order valence-corrected chi connectivity index (χ2v) is 9.41. The first-order valence-corrected chi connectivity index (χ1v) is 13.2. The first kappa shape index (κ1) is 31.4. The number of alkyl halides is 3. The van der Waals surface area contributed by atoms with Gasteiger partial charge < -0.3 is 15.7 Å². The van der Waals surface area contributed by atoms with Gasteiger partial charge in [-0.05, 0) is 63.1 Å². The lowest BCUT2D eigenvalue weighted by Gasteiger charge is -2.26. The van der Waals surface area contributed by atoms with E-state index in [1.165, 1.54) is 6.42 Å². The van der Waals surface area contributed by atoms with Gasteiger partial charge in [0.2, 0.25) is 0 Å². The Labute approximate surface area is 239 Å². The van der Waals surface area contributed by atoms with Crippen LogP contribution in [0, 0.1) is 6.92 Å². The average Bonchev–Trinajstić information content (AvgIpc) is 3.26. The van der Waals surface area contributed by atoms with Crippen molar-refractivity contribution in [1.82, 2.24) is 25.3 Å². The molecule has 0 spiro atoms. The highest BCUT2D eigenvalue weighted by Gasteiger charge is 2.38. The number of hydrogen-bond donors (Lipinski definition) is 4. The average molecular weight is 595 g/mol. The topological polar surface area (TPSA) is 129 Å². The fraction of sp³-hybridized carbons (Fsp3) is 0.333. The quantitative estimate of drug-likeness (QED) is 0.302. The van der Waals surface area contributed by atoms with Crippen molar-refractivity contribution in [1.29, 1.82) is 0 Å². The number of hydrogen-bond acceptors (Lipinski definition) is 5. The highest BCUT2D eigenvalue weighted by atomic mass is 35.5. The van der Waals surface area contributed by atoms with Gasteiger partial charge in [0.25, 0.3) is 5.91 Å². The molecule has 1 fully saturated rings. The van der Waals surface area contributed by atoms with Crippen molar-refractivity contribution < 1.29 is 32.7 Å². The standard InChI is InChI=1S/C25H29ClN6O2.C2HF3O2/c1-3-27-25(34)28-18-11-13-19(14-12-18)32-17(2)22(24(33)30-31-15-7-4-8-16-31)29-23(32)20-9-5-6-10-21(20)26;3-2(4,5)1(6)7/h5-6,9-14H,3-4,7-8,15-16H2,1-2H3,(H,30,33)(H2,27,28,34);(H,6,7). The number of hydrazine groups is 1. The van der Waals surface area contributed by atoms with Gasteiger partial charge in [0, 0.05) is 36.6 Å². The fourth-order valence-electron chi connectivity index (χ4n) is 4.09. The predicted octanol–water partition coefficient (Wildman–Crippen LogP) is 5.41. The van der Waals surface area contributed by atoms with Crippen LogP contribution in [0.5, 0.6) is 0 Å². The molecule has 2 heterocycles. The van der Waals surface area contributed by atoms with Crippen LogP contribution in [0.4, 0.5) is 23.7 Å². The molecule has 3 aromatic rings. The van der Waals surface area contributed by atoms with Crippen LogP contribution in [-0.2, 0) is 4.79 Å². The van der Waals surface area contributed by atoms with Gasteiger partial charge in [0.05, 0.1) is 10.7 Å². The van der Waals surface area contributed by atoms with Gasteiger partial charge in [-0.25, -0.2) is 19.6 Å². The number of halogens is 4. The van der Waals surface area contributed by atoms with E-state index < -0.39 is 12.1 Å². The van der Waals surface area contributed by atoms with E-state index in [9.17, 15) is 22.8 Å². The Kier molecular flexibility index (Phi) is 10.7. The summed E-state index contributed by atoms with van der Waals surface area (Å²) in [5.74, 6) is -2.41. The smallest absolute Gasteiger partial charge is 0.475 e. The van der Waals surface area contributed by atoms with E-state index >= 15 is 0 Å². The lowest BCUT2D eigenvalue weighted by Crippen LogP contribution is -2.45. The molecule has 0 saturated carbocycles. The van der Waals surface area contributed by atoms with E-state index in [2.05, 4.69) is 16.1 Å². The second-order valence-electron chi connectivity index (χ2n) is 9.01. The molecular weight excluding hydrogens is 565 g/mol. The lowest BCUT2D eigenvalue weighted by molar-refractivity contribution is -0.192. The summed E-state index contributed by atoms with van der Waals surface area (Å²) in [5, 5.41) is 15.1.